The first-order valence-electron chi connectivity index (χ1n) is 4.96. The Hall–Kier alpha value is -0.0400. The van der Waals surface area contributed by atoms with Crippen LogP contribution in [-0.2, 0) is 0 Å². The Morgan fingerprint density at radius 3 is 1.91 bits per heavy atom. The summed E-state index contributed by atoms with van der Waals surface area (Å²) in [5.41, 5.74) is 0. The van der Waals surface area contributed by atoms with Crippen LogP contribution in [0.1, 0.15) is 33.6 Å². The lowest BCUT2D eigenvalue weighted by Gasteiger charge is -2.16. The molecule has 1 aliphatic rings. The molecule has 2 atom stereocenters. The van der Waals surface area contributed by atoms with Gasteiger partial charge in [-0.05, 0) is 44.3 Å². The SMILES string of the molecule is CCN1CC[C@@H](C)[C@H](C)CC1. The maximum atomic E-state index is 2.57. The molecule has 0 saturated carbocycles. The van der Waals surface area contributed by atoms with E-state index in [9.17, 15) is 0 Å². The van der Waals surface area contributed by atoms with Crippen molar-refractivity contribution < 1.29 is 0 Å². The van der Waals surface area contributed by atoms with Crippen LogP contribution >= 0.6 is 0 Å². The third-order valence-electron chi connectivity index (χ3n) is 3.22. The first kappa shape index (κ1) is 9.05. The molecule has 0 aliphatic carbocycles. The van der Waals surface area contributed by atoms with Crippen LogP contribution in [0.15, 0.2) is 0 Å². The van der Waals surface area contributed by atoms with Gasteiger partial charge >= 0.3 is 0 Å². The molecule has 0 amide bonds. The molecule has 0 radical (unpaired) electrons. The Bertz CT molecular complexity index is 99.4. The molecule has 1 fully saturated rings. The van der Waals surface area contributed by atoms with E-state index in [0.29, 0.717) is 0 Å². The van der Waals surface area contributed by atoms with E-state index < -0.39 is 0 Å². The van der Waals surface area contributed by atoms with Gasteiger partial charge in [-0.25, -0.2) is 0 Å². The van der Waals surface area contributed by atoms with Crippen molar-refractivity contribution in [3.63, 3.8) is 0 Å². The zero-order chi connectivity index (χ0) is 8.27. The highest BCUT2D eigenvalue weighted by molar-refractivity contribution is 4.71. The minimum atomic E-state index is 0.937. The lowest BCUT2D eigenvalue weighted by Crippen LogP contribution is -2.24. The molecule has 66 valence electrons. The van der Waals surface area contributed by atoms with E-state index in [4.69, 9.17) is 0 Å². The Morgan fingerprint density at radius 1 is 1.09 bits per heavy atom. The first-order chi connectivity index (χ1) is 5.24. The second-order valence-electron chi connectivity index (χ2n) is 3.97. The number of hydrogen-bond donors (Lipinski definition) is 0. The monoisotopic (exact) mass is 155 g/mol. The number of likely N-dealkylation sites (tertiary alicyclic amines) is 1. The molecule has 1 saturated heterocycles. The van der Waals surface area contributed by atoms with Gasteiger partial charge in [-0.2, -0.15) is 0 Å². The third-order valence-corrected chi connectivity index (χ3v) is 3.22. The van der Waals surface area contributed by atoms with Gasteiger partial charge in [0.15, 0.2) is 0 Å². The first-order valence-corrected chi connectivity index (χ1v) is 4.96. The quantitative estimate of drug-likeness (QED) is 0.562. The zero-order valence-corrected chi connectivity index (χ0v) is 8.14. The van der Waals surface area contributed by atoms with E-state index in [1.807, 2.05) is 0 Å². The molecule has 1 heterocycles. The average Bonchev–Trinajstić information content (AvgIpc) is 2.16. The van der Waals surface area contributed by atoms with Gasteiger partial charge < -0.3 is 4.90 Å². The fraction of sp³-hybridized carbons (Fsp3) is 1.00. The minimum Gasteiger partial charge on any atom is -0.304 e. The van der Waals surface area contributed by atoms with Crippen molar-refractivity contribution in [2.45, 2.75) is 33.6 Å². The topological polar surface area (TPSA) is 3.24 Å². The van der Waals surface area contributed by atoms with Gasteiger partial charge in [-0.1, -0.05) is 20.8 Å². The highest BCUT2D eigenvalue weighted by atomic mass is 15.1. The molecule has 0 spiro atoms. The van der Waals surface area contributed by atoms with E-state index in [-0.39, 0.29) is 0 Å². The summed E-state index contributed by atoms with van der Waals surface area (Å²) in [7, 11) is 0. The number of rotatable bonds is 1. The summed E-state index contributed by atoms with van der Waals surface area (Å²) in [6.45, 7) is 10.9. The standard InChI is InChI=1S/C10H21N/c1-4-11-7-5-9(2)10(3)6-8-11/h9-10H,4-8H2,1-3H3/t9-,10-/m1/s1. The summed E-state index contributed by atoms with van der Waals surface area (Å²) < 4.78 is 0. The largest absolute Gasteiger partial charge is 0.304 e. The Kier molecular flexibility index (Phi) is 3.38. The molecule has 1 aliphatic heterocycles. The van der Waals surface area contributed by atoms with Crippen LogP contribution in [0.2, 0.25) is 0 Å². The van der Waals surface area contributed by atoms with Gasteiger partial charge in [-0.3, -0.25) is 0 Å². The summed E-state index contributed by atoms with van der Waals surface area (Å²) >= 11 is 0. The summed E-state index contributed by atoms with van der Waals surface area (Å²) in [4.78, 5) is 2.57. The Balaban J connectivity index is 2.38. The van der Waals surface area contributed by atoms with Gasteiger partial charge in [0, 0.05) is 0 Å². The van der Waals surface area contributed by atoms with Crippen molar-refractivity contribution in [3.8, 4) is 0 Å². The molecule has 0 N–H and O–H groups in total. The second kappa shape index (κ2) is 4.10. The second-order valence-corrected chi connectivity index (χ2v) is 3.97. The molecule has 1 nitrogen and oxygen atoms in total. The Labute approximate surface area is 70.8 Å². The molecule has 1 rings (SSSR count). The molecule has 0 aromatic heterocycles. The smallest absolute Gasteiger partial charge is 0.00162 e. The van der Waals surface area contributed by atoms with Crippen LogP contribution in [0, 0.1) is 11.8 Å². The van der Waals surface area contributed by atoms with Crippen LogP contribution in [0.25, 0.3) is 0 Å². The van der Waals surface area contributed by atoms with Crippen molar-refractivity contribution in [3.05, 3.63) is 0 Å². The van der Waals surface area contributed by atoms with E-state index in [2.05, 4.69) is 25.7 Å². The van der Waals surface area contributed by atoms with Crippen LogP contribution in [0.5, 0.6) is 0 Å². The van der Waals surface area contributed by atoms with Crippen molar-refractivity contribution in [1.82, 2.24) is 4.90 Å². The van der Waals surface area contributed by atoms with Gasteiger partial charge in [0.05, 0.1) is 0 Å². The molecule has 1 heteroatoms. The lowest BCUT2D eigenvalue weighted by atomic mass is 9.92. The molecule has 0 bridgehead atoms. The zero-order valence-electron chi connectivity index (χ0n) is 8.14. The normalized spacial score (nSPS) is 35.2. The van der Waals surface area contributed by atoms with Crippen LogP contribution in [-0.4, -0.2) is 24.5 Å². The lowest BCUT2D eigenvalue weighted by molar-refractivity contribution is 0.296. The van der Waals surface area contributed by atoms with Crippen molar-refractivity contribution in [1.29, 1.82) is 0 Å². The molecular formula is C10H21N. The predicted molar refractivity (Wildman–Crippen MR) is 49.7 cm³/mol. The van der Waals surface area contributed by atoms with Gasteiger partial charge in [0.2, 0.25) is 0 Å². The van der Waals surface area contributed by atoms with E-state index >= 15 is 0 Å². The van der Waals surface area contributed by atoms with Crippen molar-refractivity contribution in [2.24, 2.45) is 11.8 Å². The summed E-state index contributed by atoms with van der Waals surface area (Å²) in [6, 6.07) is 0. The summed E-state index contributed by atoms with van der Waals surface area (Å²) in [5, 5.41) is 0. The van der Waals surface area contributed by atoms with E-state index in [0.717, 1.165) is 11.8 Å². The highest BCUT2D eigenvalue weighted by Crippen LogP contribution is 2.22. The van der Waals surface area contributed by atoms with E-state index in [1.54, 1.807) is 0 Å². The van der Waals surface area contributed by atoms with Gasteiger partial charge in [0.1, 0.15) is 0 Å². The number of hydrogen-bond acceptors (Lipinski definition) is 1. The molecule has 0 unspecified atom stereocenters. The molecule has 11 heavy (non-hydrogen) atoms. The van der Waals surface area contributed by atoms with Crippen LogP contribution in [0.4, 0.5) is 0 Å². The Morgan fingerprint density at radius 2 is 1.55 bits per heavy atom. The van der Waals surface area contributed by atoms with Gasteiger partial charge in [-0.15, -0.1) is 0 Å². The molecule has 0 aromatic carbocycles. The third kappa shape index (κ3) is 2.48. The van der Waals surface area contributed by atoms with Crippen LogP contribution in [0.3, 0.4) is 0 Å². The minimum absolute atomic E-state index is 0.937. The summed E-state index contributed by atoms with van der Waals surface area (Å²) in [5.74, 6) is 1.87. The van der Waals surface area contributed by atoms with Crippen LogP contribution < -0.4 is 0 Å². The van der Waals surface area contributed by atoms with Crippen molar-refractivity contribution >= 4 is 0 Å². The summed E-state index contributed by atoms with van der Waals surface area (Å²) in [6.07, 6.45) is 2.80. The van der Waals surface area contributed by atoms with E-state index in [1.165, 1.54) is 32.5 Å². The molecular weight excluding hydrogens is 134 g/mol. The number of nitrogens with zero attached hydrogens (tertiary/aromatic N) is 1. The average molecular weight is 155 g/mol. The maximum Gasteiger partial charge on any atom is -0.00162 e. The van der Waals surface area contributed by atoms with Gasteiger partial charge in [0.25, 0.3) is 0 Å². The predicted octanol–water partition coefficient (Wildman–Crippen LogP) is 2.37. The maximum absolute atomic E-state index is 2.57. The fourth-order valence-electron chi connectivity index (χ4n) is 1.77. The van der Waals surface area contributed by atoms with Crippen molar-refractivity contribution in [2.75, 3.05) is 19.6 Å². The highest BCUT2D eigenvalue weighted by Gasteiger charge is 2.18. The molecule has 0 aromatic rings. The fourth-order valence-corrected chi connectivity index (χ4v) is 1.77.